The molecule has 0 aliphatic carbocycles. The highest BCUT2D eigenvalue weighted by atomic mass is 127. The number of pyridine rings is 1. The smallest absolute Gasteiger partial charge is 0.410 e. The highest BCUT2D eigenvalue weighted by Crippen LogP contribution is 2.28. The number of aromatic nitrogens is 1. The third-order valence-corrected chi connectivity index (χ3v) is 3.98. The number of amides is 1. The minimum Gasteiger partial charge on any atom is -0.444 e. The van der Waals surface area contributed by atoms with Crippen LogP contribution >= 0.6 is 22.6 Å². The van der Waals surface area contributed by atoms with Gasteiger partial charge in [0, 0.05) is 34.5 Å². The summed E-state index contributed by atoms with van der Waals surface area (Å²) in [5.74, 6) is 0.448. The number of hydrogen-bond donors (Lipinski definition) is 0. The summed E-state index contributed by atoms with van der Waals surface area (Å²) in [7, 11) is 0. The Bertz CT molecular complexity index is 477. The molecular formula is C15H21IN2O2. The van der Waals surface area contributed by atoms with Gasteiger partial charge in [0.15, 0.2) is 0 Å². The number of carbonyl (C=O) groups is 1. The van der Waals surface area contributed by atoms with Gasteiger partial charge in [-0.25, -0.2) is 4.79 Å². The van der Waals surface area contributed by atoms with Gasteiger partial charge in [-0.3, -0.25) is 4.98 Å². The fraction of sp³-hybridized carbons (Fsp3) is 0.600. The summed E-state index contributed by atoms with van der Waals surface area (Å²) in [4.78, 5) is 18.3. The zero-order valence-electron chi connectivity index (χ0n) is 12.2. The number of ether oxygens (including phenoxy) is 1. The molecule has 0 N–H and O–H groups in total. The third-order valence-electron chi connectivity index (χ3n) is 3.31. The van der Waals surface area contributed by atoms with Gasteiger partial charge in [0.05, 0.1) is 0 Å². The summed E-state index contributed by atoms with van der Waals surface area (Å²) in [6, 6.07) is 4.13. The summed E-state index contributed by atoms with van der Waals surface area (Å²) >= 11 is 2.31. The first-order chi connectivity index (χ1) is 9.35. The molecule has 1 fully saturated rings. The standard InChI is InChI=1S/C15H21IN2O2/c1-15(2,3)20-14(19)18-8-5-11(6-9-18)13-10-12(16)4-7-17-13/h4,7,10-11H,5-6,8-9H2,1-3H3. The SMILES string of the molecule is CC(C)(C)OC(=O)N1CCC(c2cc(I)ccn2)CC1. The molecule has 110 valence electrons. The van der Waals surface area contributed by atoms with Crippen LogP contribution in [0.5, 0.6) is 0 Å². The number of carbonyl (C=O) groups excluding carboxylic acids is 1. The van der Waals surface area contributed by atoms with E-state index in [1.165, 1.54) is 3.57 Å². The maximum Gasteiger partial charge on any atom is 0.410 e. The molecule has 0 unspecified atom stereocenters. The molecule has 2 heterocycles. The molecule has 0 radical (unpaired) electrons. The van der Waals surface area contributed by atoms with Crippen LogP contribution in [0.25, 0.3) is 0 Å². The Morgan fingerprint density at radius 2 is 2.05 bits per heavy atom. The molecule has 1 aliphatic rings. The zero-order valence-corrected chi connectivity index (χ0v) is 14.4. The zero-order chi connectivity index (χ0) is 14.8. The molecule has 0 aromatic carbocycles. The summed E-state index contributed by atoms with van der Waals surface area (Å²) in [6.45, 7) is 7.17. The molecule has 1 aromatic heterocycles. The van der Waals surface area contributed by atoms with E-state index in [2.05, 4.69) is 33.6 Å². The molecule has 1 amide bonds. The lowest BCUT2D eigenvalue weighted by Gasteiger charge is -2.33. The molecule has 0 spiro atoms. The van der Waals surface area contributed by atoms with Crippen molar-refractivity contribution in [2.75, 3.05) is 13.1 Å². The first kappa shape index (κ1) is 15.5. The van der Waals surface area contributed by atoms with Crippen LogP contribution in [-0.4, -0.2) is 34.7 Å². The van der Waals surface area contributed by atoms with E-state index in [0.29, 0.717) is 5.92 Å². The van der Waals surface area contributed by atoms with Crippen LogP contribution < -0.4 is 0 Å². The molecule has 0 saturated carbocycles. The van der Waals surface area contributed by atoms with Crippen LogP contribution in [0.4, 0.5) is 4.79 Å². The fourth-order valence-corrected chi connectivity index (χ4v) is 2.81. The van der Waals surface area contributed by atoms with Gasteiger partial charge >= 0.3 is 6.09 Å². The summed E-state index contributed by atoms with van der Waals surface area (Å²) in [5.41, 5.74) is 0.714. The Morgan fingerprint density at radius 3 is 2.60 bits per heavy atom. The second-order valence-corrected chi connectivity index (χ2v) is 7.39. The van der Waals surface area contributed by atoms with E-state index in [1.807, 2.05) is 33.0 Å². The van der Waals surface area contributed by atoms with Crippen molar-refractivity contribution in [3.05, 3.63) is 27.6 Å². The maximum absolute atomic E-state index is 12.0. The normalized spacial score (nSPS) is 17.1. The van der Waals surface area contributed by atoms with E-state index in [0.717, 1.165) is 31.6 Å². The number of piperidine rings is 1. The van der Waals surface area contributed by atoms with Crippen molar-refractivity contribution in [3.8, 4) is 0 Å². The van der Waals surface area contributed by atoms with Gasteiger partial charge in [0.2, 0.25) is 0 Å². The topological polar surface area (TPSA) is 42.4 Å². The van der Waals surface area contributed by atoms with E-state index < -0.39 is 5.60 Å². The van der Waals surface area contributed by atoms with Crippen molar-refractivity contribution in [2.24, 2.45) is 0 Å². The van der Waals surface area contributed by atoms with E-state index >= 15 is 0 Å². The number of nitrogens with zero attached hydrogens (tertiary/aromatic N) is 2. The number of likely N-dealkylation sites (tertiary alicyclic amines) is 1. The minimum absolute atomic E-state index is 0.202. The van der Waals surface area contributed by atoms with Crippen LogP contribution in [0.3, 0.4) is 0 Å². The average molecular weight is 388 g/mol. The lowest BCUT2D eigenvalue weighted by Crippen LogP contribution is -2.41. The van der Waals surface area contributed by atoms with Crippen LogP contribution in [0, 0.1) is 3.57 Å². The van der Waals surface area contributed by atoms with Crippen molar-refractivity contribution in [2.45, 2.75) is 45.1 Å². The van der Waals surface area contributed by atoms with Crippen molar-refractivity contribution in [1.29, 1.82) is 0 Å². The van der Waals surface area contributed by atoms with Crippen molar-refractivity contribution in [3.63, 3.8) is 0 Å². The van der Waals surface area contributed by atoms with Gasteiger partial charge in [-0.2, -0.15) is 0 Å². The Morgan fingerprint density at radius 1 is 1.40 bits per heavy atom. The Hall–Kier alpha value is -0.850. The highest BCUT2D eigenvalue weighted by Gasteiger charge is 2.27. The van der Waals surface area contributed by atoms with E-state index in [9.17, 15) is 4.79 Å². The molecule has 0 bridgehead atoms. The number of rotatable bonds is 1. The largest absolute Gasteiger partial charge is 0.444 e. The van der Waals surface area contributed by atoms with E-state index in [1.54, 1.807) is 4.90 Å². The lowest BCUT2D eigenvalue weighted by atomic mass is 9.93. The molecule has 1 saturated heterocycles. The fourth-order valence-electron chi connectivity index (χ4n) is 2.33. The maximum atomic E-state index is 12.0. The van der Waals surface area contributed by atoms with Gasteiger partial charge in [-0.15, -0.1) is 0 Å². The Labute approximate surface area is 134 Å². The van der Waals surface area contributed by atoms with Gasteiger partial charge in [0.1, 0.15) is 5.60 Å². The lowest BCUT2D eigenvalue weighted by molar-refractivity contribution is 0.0204. The van der Waals surface area contributed by atoms with Crippen LogP contribution in [0.1, 0.15) is 45.2 Å². The summed E-state index contributed by atoms with van der Waals surface area (Å²) < 4.78 is 6.62. The van der Waals surface area contributed by atoms with Crippen molar-refractivity contribution in [1.82, 2.24) is 9.88 Å². The van der Waals surface area contributed by atoms with Crippen molar-refractivity contribution < 1.29 is 9.53 Å². The van der Waals surface area contributed by atoms with Gasteiger partial charge in [-0.1, -0.05) is 0 Å². The van der Waals surface area contributed by atoms with Gasteiger partial charge in [-0.05, 0) is 68.3 Å². The first-order valence-corrected chi connectivity index (χ1v) is 8.02. The molecule has 20 heavy (non-hydrogen) atoms. The van der Waals surface area contributed by atoms with Crippen LogP contribution in [0.15, 0.2) is 18.3 Å². The second kappa shape index (κ2) is 6.28. The number of hydrogen-bond acceptors (Lipinski definition) is 3. The second-order valence-electron chi connectivity index (χ2n) is 6.14. The van der Waals surface area contributed by atoms with Crippen molar-refractivity contribution >= 4 is 28.7 Å². The Kier molecular flexibility index (Phi) is 4.88. The molecule has 4 nitrogen and oxygen atoms in total. The third kappa shape index (κ3) is 4.33. The Balaban J connectivity index is 1.91. The predicted octanol–water partition coefficient (Wildman–Crippen LogP) is 3.80. The predicted molar refractivity (Wildman–Crippen MR) is 86.7 cm³/mol. The monoisotopic (exact) mass is 388 g/mol. The summed E-state index contributed by atoms with van der Waals surface area (Å²) in [6.07, 6.45) is 3.56. The van der Waals surface area contributed by atoms with Crippen LogP contribution in [0.2, 0.25) is 0 Å². The molecule has 2 rings (SSSR count). The number of halogens is 1. The van der Waals surface area contributed by atoms with E-state index in [4.69, 9.17) is 4.74 Å². The minimum atomic E-state index is -0.426. The molecule has 0 atom stereocenters. The van der Waals surface area contributed by atoms with Crippen LogP contribution in [-0.2, 0) is 4.74 Å². The van der Waals surface area contributed by atoms with Gasteiger partial charge < -0.3 is 9.64 Å². The molecule has 1 aromatic rings. The average Bonchev–Trinajstić information content (AvgIpc) is 2.37. The summed E-state index contributed by atoms with van der Waals surface area (Å²) in [5, 5.41) is 0. The highest BCUT2D eigenvalue weighted by molar-refractivity contribution is 14.1. The molecule has 5 heteroatoms. The van der Waals surface area contributed by atoms with E-state index in [-0.39, 0.29) is 6.09 Å². The molecule has 1 aliphatic heterocycles. The van der Waals surface area contributed by atoms with Gasteiger partial charge in [0.25, 0.3) is 0 Å². The first-order valence-electron chi connectivity index (χ1n) is 6.94. The molecular weight excluding hydrogens is 367 g/mol. The quantitative estimate of drug-likeness (QED) is 0.688.